The van der Waals surface area contributed by atoms with E-state index >= 15 is 0 Å². The highest BCUT2D eigenvalue weighted by Crippen LogP contribution is 2.23. The molecule has 0 radical (unpaired) electrons. The van der Waals surface area contributed by atoms with E-state index in [-0.39, 0.29) is 5.91 Å². The van der Waals surface area contributed by atoms with Crippen molar-refractivity contribution < 1.29 is 23.9 Å². The fourth-order valence-corrected chi connectivity index (χ4v) is 2.26. The summed E-state index contributed by atoms with van der Waals surface area (Å²) in [5.74, 6) is 0.464. The minimum atomic E-state index is -0.580. The molecule has 0 aromatic heterocycles. The Hall–Kier alpha value is -2.57. The number of nitrogens with zero attached hydrogens (tertiary/aromatic N) is 2. The Morgan fingerprint density at radius 1 is 1.04 bits per heavy atom. The van der Waals surface area contributed by atoms with Gasteiger partial charge in [0.25, 0.3) is 0 Å². The Morgan fingerprint density at radius 3 is 2.09 bits per heavy atom. The molecule has 0 spiro atoms. The third-order valence-electron chi connectivity index (χ3n) is 3.63. The summed E-state index contributed by atoms with van der Waals surface area (Å²) in [5.41, 5.74) is 1.07. The zero-order chi connectivity index (χ0) is 16.8. The second-order valence-electron chi connectivity index (χ2n) is 5.14. The maximum absolute atomic E-state index is 12.1. The van der Waals surface area contributed by atoms with Crippen molar-refractivity contribution in [3.05, 3.63) is 23.8 Å². The van der Waals surface area contributed by atoms with E-state index in [9.17, 15) is 9.59 Å². The highest BCUT2D eigenvalue weighted by Gasteiger charge is 2.18. The van der Waals surface area contributed by atoms with Crippen molar-refractivity contribution >= 4 is 17.6 Å². The van der Waals surface area contributed by atoms with Gasteiger partial charge in [0.05, 0.1) is 25.5 Å². The molecule has 0 aliphatic carbocycles. The maximum Gasteiger partial charge on any atom is 0.365 e. The van der Waals surface area contributed by atoms with Gasteiger partial charge in [-0.2, -0.15) is 0 Å². The van der Waals surface area contributed by atoms with E-state index in [0.29, 0.717) is 43.0 Å². The predicted octanol–water partition coefficient (Wildman–Crippen LogP) is 1.86. The summed E-state index contributed by atoms with van der Waals surface area (Å²) < 4.78 is 10.2. The van der Waals surface area contributed by atoms with E-state index in [1.54, 1.807) is 30.0 Å². The predicted molar refractivity (Wildman–Crippen MR) is 83.9 cm³/mol. The second-order valence-corrected chi connectivity index (χ2v) is 5.14. The summed E-state index contributed by atoms with van der Waals surface area (Å²) in [6.07, 6.45) is 1.21. The largest absolute Gasteiger partial charge is 0.497 e. The molecule has 0 saturated carbocycles. The van der Waals surface area contributed by atoms with Gasteiger partial charge in [0.15, 0.2) is 0 Å². The molecule has 2 rings (SSSR count). The van der Waals surface area contributed by atoms with Gasteiger partial charge < -0.3 is 19.2 Å². The van der Waals surface area contributed by atoms with Gasteiger partial charge in [-0.05, 0) is 12.1 Å². The first-order valence-corrected chi connectivity index (χ1v) is 7.29. The molecule has 1 aromatic rings. The van der Waals surface area contributed by atoms with E-state index in [1.807, 2.05) is 0 Å². The van der Waals surface area contributed by atoms with Gasteiger partial charge in [0.2, 0.25) is 5.91 Å². The Balaban J connectivity index is 2.00. The van der Waals surface area contributed by atoms with Gasteiger partial charge >= 0.3 is 5.97 Å². The molecule has 7 heteroatoms. The lowest BCUT2D eigenvalue weighted by Crippen LogP contribution is -2.37. The average Bonchev–Trinajstić information content (AvgIpc) is 2.59. The van der Waals surface area contributed by atoms with Crippen LogP contribution >= 0.6 is 0 Å². The number of rotatable bonds is 4. The van der Waals surface area contributed by atoms with E-state index in [1.165, 1.54) is 14.2 Å². The van der Waals surface area contributed by atoms with Crippen LogP contribution in [0.25, 0.3) is 0 Å². The summed E-state index contributed by atoms with van der Waals surface area (Å²) in [5, 5.41) is 3.91. The number of methoxy groups -OCH3 is 2. The van der Waals surface area contributed by atoms with Crippen molar-refractivity contribution in [2.24, 2.45) is 5.16 Å². The van der Waals surface area contributed by atoms with Crippen LogP contribution in [-0.4, -0.2) is 49.8 Å². The minimum absolute atomic E-state index is 0.0459. The first-order chi connectivity index (χ1) is 11.0. The van der Waals surface area contributed by atoms with Gasteiger partial charge in [-0.25, -0.2) is 4.79 Å². The molecule has 1 fully saturated rings. The zero-order valence-corrected chi connectivity index (χ0v) is 13.5. The minimum Gasteiger partial charge on any atom is -0.497 e. The number of carbonyl (C=O) groups excluding carboxylic acids is 2. The standard InChI is InChI=1S/C16H20N2O5/c1-11(19)18-6-4-13(5-7-18)17-23-16(20)12-8-14(21-2)10-15(9-12)22-3/h8-10H,4-7H2,1-3H3. The summed E-state index contributed by atoms with van der Waals surface area (Å²) in [6, 6.07) is 4.78. The van der Waals surface area contributed by atoms with Crippen LogP contribution in [0.5, 0.6) is 11.5 Å². The van der Waals surface area contributed by atoms with Crippen LogP contribution in [0.2, 0.25) is 0 Å². The van der Waals surface area contributed by atoms with E-state index in [0.717, 1.165) is 5.71 Å². The average molecular weight is 320 g/mol. The van der Waals surface area contributed by atoms with Crippen LogP contribution in [0, 0.1) is 0 Å². The molecule has 0 unspecified atom stereocenters. The molecule has 1 saturated heterocycles. The number of carbonyl (C=O) groups is 2. The van der Waals surface area contributed by atoms with Gasteiger partial charge in [-0.1, -0.05) is 5.16 Å². The van der Waals surface area contributed by atoms with Crippen LogP contribution < -0.4 is 9.47 Å². The molecule has 124 valence electrons. The lowest BCUT2D eigenvalue weighted by Gasteiger charge is -2.25. The third-order valence-corrected chi connectivity index (χ3v) is 3.63. The molecule has 7 nitrogen and oxygen atoms in total. The highest BCUT2D eigenvalue weighted by molar-refractivity contribution is 5.92. The van der Waals surface area contributed by atoms with Gasteiger partial charge in [-0.15, -0.1) is 0 Å². The number of hydrogen-bond acceptors (Lipinski definition) is 6. The summed E-state index contributed by atoms with van der Waals surface area (Å²) in [6.45, 7) is 2.73. The molecule has 1 heterocycles. The number of hydrogen-bond donors (Lipinski definition) is 0. The maximum atomic E-state index is 12.1. The van der Waals surface area contributed by atoms with Crippen LogP contribution in [0.4, 0.5) is 0 Å². The Kier molecular flexibility index (Phi) is 5.56. The smallest absolute Gasteiger partial charge is 0.365 e. The Bertz CT molecular complexity index is 595. The molecule has 0 atom stereocenters. The molecule has 0 N–H and O–H groups in total. The van der Waals surface area contributed by atoms with Gasteiger partial charge in [0.1, 0.15) is 11.5 Å². The number of piperidine rings is 1. The molecule has 1 aromatic carbocycles. The highest BCUT2D eigenvalue weighted by atomic mass is 16.7. The van der Waals surface area contributed by atoms with Crippen LogP contribution in [0.3, 0.4) is 0 Å². The molecule has 1 amide bonds. The van der Waals surface area contributed by atoms with Crippen LogP contribution in [0.1, 0.15) is 30.1 Å². The monoisotopic (exact) mass is 320 g/mol. The lowest BCUT2D eigenvalue weighted by molar-refractivity contribution is -0.128. The lowest BCUT2D eigenvalue weighted by atomic mass is 10.1. The number of likely N-dealkylation sites (tertiary alicyclic amines) is 1. The summed E-state index contributed by atoms with van der Waals surface area (Å²) in [4.78, 5) is 30.1. The normalized spacial score (nSPS) is 14.2. The van der Waals surface area contributed by atoms with E-state index < -0.39 is 5.97 Å². The number of oxime groups is 1. The van der Waals surface area contributed by atoms with Crippen molar-refractivity contribution in [2.75, 3.05) is 27.3 Å². The molecular weight excluding hydrogens is 300 g/mol. The fourth-order valence-electron chi connectivity index (χ4n) is 2.26. The van der Waals surface area contributed by atoms with Crippen molar-refractivity contribution in [1.82, 2.24) is 4.90 Å². The molecule has 1 aliphatic rings. The first kappa shape index (κ1) is 16.8. The number of amides is 1. The van der Waals surface area contributed by atoms with Crippen LogP contribution in [-0.2, 0) is 9.63 Å². The Morgan fingerprint density at radius 2 is 1.61 bits per heavy atom. The molecular formula is C16H20N2O5. The van der Waals surface area contributed by atoms with Crippen molar-refractivity contribution in [3.8, 4) is 11.5 Å². The van der Waals surface area contributed by atoms with Gasteiger partial charge in [-0.3, -0.25) is 4.79 Å². The quantitative estimate of drug-likeness (QED) is 0.625. The molecule has 0 bridgehead atoms. The molecule has 1 aliphatic heterocycles. The fraction of sp³-hybridized carbons (Fsp3) is 0.438. The van der Waals surface area contributed by atoms with E-state index in [4.69, 9.17) is 14.3 Å². The van der Waals surface area contributed by atoms with Crippen molar-refractivity contribution in [2.45, 2.75) is 19.8 Å². The summed E-state index contributed by atoms with van der Waals surface area (Å²) in [7, 11) is 3.01. The third kappa shape index (κ3) is 4.45. The van der Waals surface area contributed by atoms with Crippen LogP contribution in [0.15, 0.2) is 23.4 Å². The van der Waals surface area contributed by atoms with Crippen molar-refractivity contribution in [1.29, 1.82) is 0 Å². The summed E-state index contributed by atoms with van der Waals surface area (Å²) >= 11 is 0. The zero-order valence-electron chi connectivity index (χ0n) is 13.5. The Labute approximate surface area is 134 Å². The van der Waals surface area contributed by atoms with Gasteiger partial charge in [0, 0.05) is 38.9 Å². The first-order valence-electron chi connectivity index (χ1n) is 7.29. The SMILES string of the molecule is COc1cc(OC)cc(C(=O)ON=C2CCN(C(C)=O)CC2)c1. The number of ether oxygens (including phenoxy) is 2. The topological polar surface area (TPSA) is 77.4 Å². The second kappa shape index (κ2) is 7.62. The van der Waals surface area contributed by atoms with Crippen molar-refractivity contribution in [3.63, 3.8) is 0 Å². The molecule has 23 heavy (non-hydrogen) atoms. The number of benzene rings is 1. The van der Waals surface area contributed by atoms with E-state index in [2.05, 4.69) is 5.16 Å².